The first-order chi connectivity index (χ1) is 6.52. The second kappa shape index (κ2) is 4.66. The fraction of sp³-hybridized carbons (Fsp3) is 0.222. The van der Waals surface area contributed by atoms with Gasteiger partial charge in [-0.1, -0.05) is 17.7 Å². The number of halogens is 2. The second-order valence-electron chi connectivity index (χ2n) is 2.76. The van der Waals surface area contributed by atoms with Crippen LogP contribution < -0.4 is 5.32 Å². The quantitative estimate of drug-likeness (QED) is 0.756. The van der Waals surface area contributed by atoms with E-state index in [4.69, 9.17) is 11.6 Å². The van der Waals surface area contributed by atoms with Crippen LogP contribution in [0.1, 0.15) is 6.92 Å². The van der Waals surface area contributed by atoms with Crippen molar-refractivity contribution in [3.8, 4) is 0 Å². The standard InChI is InChI=1S/C9H9ClFNOS/c1-5(14)9(13)12-8-6(10)3-2-4-7(8)11/h2-5,14H,1H3,(H,12,13). The van der Waals surface area contributed by atoms with E-state index in [1.165, 1.54) is 18.2 Å². The van der Waals surface area contributed by atoms with Crippen LogP contribution in [-0.4, -0.2) is 11.2 Å². The van der Waals surface area contributed by atoms with Crippen molar-refractivity contribution in [3.63, 3.8) is 0 Å². The van der Waals surface area contributed by atoms with Crippen LogP contribution in [0.15, 0.2) is 18.2 Å². The summed E-state index contributed by atoms with van der Waals surface area (Å²) < 4.78 is 13.2. The van der Waals surface area contributed by atoms with Crippen LogP contribution in [0, 0.1) is 5.82 Å². The Morgan fingerprint density at radius 3 is 2.79 bits per heavy atom. The van der Waals surface area contributed by atoms with Gasteiger partial charge in [0.2, 0.25) is 5.91 Å². The minimum Gasteiger partial charge on any atom is -0.321 e. The second-order valence-corrected chi connectivity index (χ2v) is 3.94. The van der Waals surface area contributed by atoms with Crippen molar-refractivity contribution >= 4 is 35.8 Å². The zero-order chi connectivity index (χ0) is 10.7. The van der Waals surface area contributed by atoms with Gasteiger partial charge < -0.3 is 5.32 Å². The number of para-hydroxylation sites is 1. The Labute approximate surface area is 91.9 Å². The third-order valence-electron chi connectivity index (χ3n) is 1.59. The Bertz CT molecular complexity index is 336. The first kappa shape index (κ1) is 11.3. The molecule has 1 unspecified atom stereocenters. The summed E-state index contributed by atoms with van der Waals surface area (Å²) in [7, 11) is 0. The molecule has 0 bridgehead atoms. The molecule has 0 radical (unpaired) electrons. The lowest BCUT2D eigenvalue weighted by molar-refractivity contribution is -0.115. The third-order valence-corrected chi connectivity index (χ3v) is 2.14. The van der Waals surface area contributed by atoms with E-state index in [-0.39, 0.29) is 16.6 Å². The Kier molecular flexibility index (Phi) is 3.77. The zero-order valence-corrected chi connectivity index (χ0v) is 9.07. The number of rotatable bonds is 2. The molecule has 0 saturated heterocycles. The van der Waals surface area contributed by atoms with E-state index in [9.17, 15) is 9.18 Å². The molecule has 1 amide bonds. The number of carbonyl (C=O) groups excluding carboxylic acids is 1. The van der Waals surface area contributed by atoms with Crippen molar-refractivity contribution < 1.29 is 9.18 Å². The van der Waals surface area contributed by atoms with Gasteiger partial charge >= 0.3 is 0 Å². The first-order valence-electron chi connectivity index (χ1n) is 3.95. The lowest BCUT2D eigenvalue weighted by atomic mass is 10.3. The predicted molar refractivity (Wildman–Crippen MR) is 58.5 cm³/mol. The number of thiol groups is 1. The molecule has 1 rings (SSSR count). The molecule has 0 heterocycles. The molecule has 1 N–H and O–H groups in total. The van der Waals surface area contributed by atoms with Crippen LogP contribution in [0.5, 0.6) is 0 Å². The SMILES string of the molecule is CC(S)C(=O)Nc1c(F)cccc1Cl. The smallest absolute Gasteiger partial charge is 0.237 e. The van der Waals surface area contributed by atoms with E-state index in [2.05, 4.69) is 17.9 Å². The third kappa shape index (κ3) is 2.62. The molecule has 1 aromatic carbocycles. The van der Waals surface area contributed by atoms with Crippen molar-refractivity contribution in [2.75, 3.05) is 5.32 Å². The highest BCUT2D eigenvalue weighted by Crippen LogP contribution is 2.24. The van der Waals surface area contributed by atoms with Gasteiger partial charge in [0.1, 0.15) is 5.82 Å². The molecule has 0 spiro atoms. The lowest BCUT2D eigenvalue weighted by Gasteiger charge is -2.09. The van der Waals surface area contributed by atoms with Gasteiger partial charge in [0.05, 0.1) is 16.0 Å². The highest BCUT2D eigenvalue weighted by atomic mass is 35.5. The molecule has 0 aliphatic carbocycles. The van der Waals surface area contributed by atoms with Crippen molar-refractivity contribution in [1.29, 1.82) is 0 Å². The van der Waals surface area contributed by atoms with E-state index < -0.39 is 11.1 Å². The fourth-order valence-electron chi connectivity index (χ4n) is 0.845. The monoisotopic (exact) mass is 233 g/mol. The largest absolute Gasteiger partial charge is 0.321 e. The normalized spacial score (nSPS) is 12.3. The number of carbonyl (C=O) groups is 1. The van der Waals surface area contributed by atoms with Gasteiger partial charge in [-0.05, 0) is 19.1 Å². The van der Waals surface area contributed by atoms with E-state index in [0.717, 1.165) is 0 Å². The van der Waals surface area contributed by atoms with Crippen LogP contribution in [0.2, 0.25) is 5.02 Å². The van der Waals surface area contributed by atoms with Crippen LogP contribution in [-0.2, 0) is 4.79 Å². The molecule has 0 fully saturated rings. The van der Waals surface area contributed by atoms with E-state index in [0.29, 0.717) is 0 Å². The van der Waals surface area contributed by atoms with Crippen molar-refractivity contribution in [2.24, 2.45) is 0 Å². The topological polar surface area (TPSA) is 29.1 Å². The maximum Gasteiger partial charge on any atom is 0.237 e. The highest BCUT2D eigenvalue weighted by molar-refractivity contribution is 7.81. The van der Waals surface area contributed by atoms with Gasteiger partial charge in [0.15, 0.2) is 0 Å². The van der Waals surface area contributed by atoms with Crippen LogP contribution in [0.3, 0.4) is 0 Å². The summed E-state index contributed by atoms with van der Waals surface area (Å²) in [6.07, 6.45) is 0. The Hall–Kier alpha value is -0.740. The Morgan fingerprint density at radius 2 is 2.29 bits per heavy atom. The number of anilines is 1. The molecule has 14 heavy (non-hydrogen) atoms. The minimum absolute atomic E-state index is 0.0000617. The van der Waals surface area contributed by atoms with Gasteiger partial charge in [-0.3, -0.25) is 4.79 Å². The number of nitrogens with one attached hydrogen (secondary N) is 1. The number of hydrogen-bond donors (Lipinski definition) is 2. The lowest BCUT2D eigenvalue weighted by Crippen LogP contribution is -2.21. The van der Waals surface area contributed by atoms with Crippen molar-refractivity contribution in [2.45, 2.75) is 12.2 Å². The average Bonchev–Trinajstić information content (AvgIpc) is 2.11. The van der Waals surface area contributed by atoms with Crippen LogP contribution in [0.4, 0.5) is 10.1 Å². The molecule has 1 aromatic rings. The molecule has 0 saturated carbocycles. The van der Waals surface area contributed by atoms with Gasteiger partial charge in [-0.25, -0.2) is 4.39 Å². The summed E-state index contributed by atoms with van der Waals surface area (Å²) in [6, 6.07) is 4.20. The summed E-state index contributed by atoms with van der Waals surface area (Å²) in [5.41, 5.74) is 0.0000617. The number of benzene rings is 1. The molecule has 76 valence electrons. The summed E-state index contributed by atoms with van der Waals surface area (Å²) in [5, 5.41) is 2.02. The number of amides is 1. The average molecular weight is 234 g/mol. The van der Waals surface area contributed by atoms with Crippen molar-refractivity contribution in [3.05, 3.63) is 29.0 Å². The minimum atomic E-state index is -0.556. The van der Waals surface area contributed by atoms with Gasteiger partial charge in [0.25, 0.3) is 0 Å². The zero-order valence-electron chi connectivity index (χ0n) is 7.42. The van der Waals surface area contributed by atoms with Crippen LogP contribution in [0.25, 0.3) is 0 Å². The maximum atomic E-state index is 13.2. The van der Waals surface area contributed by atoms with Crippen LogP contribution >= 0.6 is 24.2 Å². The molecule has 2 nitrogen and oxygen atoms in total. The van der Waals surface area contributed by atoms with E-state index >= 15 is 0 Å². The van der Waals surface area contributed by atoms with E-state index in [1.807, 2.05) is 0 Å². The highest BCUT2D eigenvalue weighted by Gasteiger charge is 2.13. The number of hydrogen-bond acceptors (Lipinski definition) is 2. The molecule has 5 heteroatoms. The summed E-state index contributed by atoms with van der Waals surface area (Å²) in [6.45, 7) is 1.59. The molecule has 0 aliphatic heterocycles. The van der Waals surface area contributed by atoms with Gasteiger partial charge in [0, 0.05) is 0 Å². The molecule has 0 aromatic heterocycles. The Balaban J connectivity index is 2.91. The maximum absolute atomic E-state index is 13.2. The van der Waals surface area contributed by atoms with Gasteiger partial charge in [-0.2, -0.15) is 12.6 Å². The van der Waals surface area contributed by atoms with Gasteiger partial charge in [-0.15, -0.1) is 0 Å². The molecular formula is C9H9ClFNOS. The first-order valence-corrected chi connectivity index (χ1v) is 4.84. The summed E-state index contributed by atoms with van der Waals surface area (Å²) in [5.74, 6) is -0.944. The molecule has 0 aliphatic rings. The van der Waals surface area contributed by atoms with E-state index in [1.54, 1.807) is 6.92 Å². The predicted octanol–water partition coefficient (Wildman–Crippen LogP) is 2.74. The summed E-state index contributed by atoms with van der Waals surface area (Å²) in [4.78, 5) is 11.2. The molecular weight excluding hydrogens is 225 g/mol. The van der Waals surface area contributed by atoms with Crippen molar-refractivity contribution in [1.82, 2.24) is 0 Å². The summed E-state index contributed by atoms with van der Waals surface area (Å²) >= 11 is 9.61. The Morgan fingerprint density at radius 1 is 1.64 bits per heavy atom. The molecule has 1 atom stereocenters. The fourth-order valence-corrected chi connectivity index (χ4v) is 1.12.